The SMILES string of the molecule is C[NH+](CCOC(=O)COc1ccc(Cl)cc1)C12CC3CC(CC(C3)C1)C2. The summed E-state index contributed by atoms with van der Waals surface area (Å²) in [6.45, 7) is 1.30. The predicted molar refractivity (Wildman–Crippen MR) is 101 cm³/mol. The zero-order valence-electron chi connectivity index (χ0n) is 15.5. The molecule has 4 aliphatic rings. The molecule has 1 aromatic carbocycles. The number of halogens is 1. The van der Waals surface area contributed by atoms with Gasteiger partial charge in [-0.15, -0.1) is 0 Å². The summed E-state index contributed by atoms with van der Waals surface area (Å²) >= 11 is 5.84. The fourth-order valence-corrected chi connectivity index (χ4v) is 6.06. The van der Waals surface area contributed by atoms with Crippen LogP contribution in [0.5, 0.6) is 5.75 Å². The summed E-state index contributed by atoms with van der Waals surface area (Å²) in [5, 5.41) is 0.649. The van der Waals surface area contributed by atoms with Crippen LogP contribution in [-0.2, 0) is 9.53 Å². The lowest BCUT2D eigenvalue weighted by atomic mass is 9.52. The quantitative estimate of drug-likeness (QED) is 0.741. The largest absolute Gasteiger partial charge is 0.482 e. The van der Waals surface area contributed by atoms with Crippen molar-refractivity contribution < 1.29 is 19.2 Å². The molecular weight excluding hydrogens is 350 g/mol. The fraction of sp³-hybridized carbons (Fsp3) is 0.667. The highest BCUT2D eigenvalue weighted by atomic mass is 35.5. The van der Waals surface area contributed by atoms with Crippen molar-refractivity contribution in [3.63, 3.8) is 0 Å². The van der Waals surface area contributed by atoms with E-state index in [9.17, 15) is 4.79 Å². The summed E-state index contributed by atoms with van der Waals surface area (Å²) in [4.78, 5) is 13.5. The van der Waals surface area contributed by atoms with Gasteiger partial charge in [0.05, 0.1) is 12.6 Å². The number of nitrogens with one attached hydrogen (secondary N) is 1. The van der Waals surface area contributed by atoms with Gasteiger partial charge >= 0.3 is 5.97 Å². The van der Waals surface area contributed by atoms with Crippen LogP contribution in [0.2, 0.25) is 5.02 Å². The van der Waals surface area contributed by atoms with Crippen molar-refractivity contribution >= 4 is 17.6 Å². The molecule has 1 N–H and O–H groups in total. The summed E-state index contributed by atoms with van der Waals surface area (Å²) in [5.41, 5.74) is 0.445. The molecule has 1 atom stereocenters. The molecule has 5 heteroatoms. The van der Waals surface area contributed by atoms with Gasteiger partial charge in [0.1, 0.15) is 18.9 Å². The molecule has 0 radical (unpaired) electrons. The van der Waals surface area contributed by atoms with Crippen molar-refractivity contribution in [1.82, 2.24) is 0 Å². The fourth-order valence-electron chi connectivity index (χ4n) is 5.93. The molecule has 1 aromatic rings. The molecule has 5 rings (SSSR count). The van der Waals surface area contributed by atoms with Gasteiger partial charge in [-0.1, -0.05) is 11.6 Å². The molecular formula is C21H29ClNO3+. The van der Waals surface area contributed by atoms with E-state index in [0.717, 1.165) is 24.3 Å². The number of ether oxygens (including phenoxy) is 2. The summed E-state index contributed by atoms with van der Waals surface area (Å²) in [7, 11) is 2.30. The first kappa shape index (κ1) is 18.1. The lowest BCUT2D eigenvalue weighted by Crippen LogP contribution is -3.19. The first-order valence-electron chi connectivity index (χ1n) is 9.89. The molecule has 4 aliphatic carbocycles. The smallest absolute Gasteiger partial charge is 0.344 e. The van der Waals surface area contributed by atoms with E-state index >= 15 is 0 Å². The van der Waals surface area contributed by atoms with Crippen molar-refractivity contribution in [3.05, 3.63) is 29.3 Å². The highest BCUT2D eigenvalue weighted by Gasteiger charge is 2.55. The van der Waals surface area contributed by atoms with Crippen LogP contribution >= 0.6 is 11.6 Å². The van der Waals surface area contributed by atoms with Gasteiger partial charge < -0.3 is 14.4 Å². The molecule has 4 fully saturated rings. The lowest BCUT2D eigenvalue weighted by molar-refractivity contribution is -0.941. The van der Waals surface area contributed by atoms with E-state index in [2.05, 4.69) is 7.05 Å². The summed E-state index contributed by atoms with van der Waals surface area (Å²) in [5.74, 6) is 3.17. The highest BCUT2D eigenvalue weighted by molar-refractivity contribution is 6.30. The third kappa shape index (κ3) is 3.86. The maximum atomic E-state index is 11.9. The number of esters is 1. The van der Waals surface area contributed by atoms with Crippen LogP contribution < -0.4 is 9.64 Å². The average molecular weight is 379 g/mol. The Labute approximate surface area is 160 Å². The lowest BCUT2D eigenvalue weighted by Gasteiger charge is -2.57. The normalized spacial score (nSPS) is 33.1. The van der Waals surface area contributed by atoms with Crippen molar-refractivity contribution in [2.45, 2.75) is 44.1 Å². The summed E-state index contributed by atoms with van der Waals surface area (Å²) in [6, 6.07) is 6.99. The van der Waals surface area contributed by atoms with Gasteiger partial charge in [-0.25, -0.2) is 4.79 Å². The maximum Gasteiger partial charge on any atom is 0.344 e. The van der Waals surface area contributed by atoms with Crippen molar-refractivity contribution in [1.29, 1.82) is 0 Å². The second-order valence-corrected chi connectivity index (χ2v) is 9.13. The predicted octanol–water partition coefficient (Wildman–Crippen LogP) is 2.75. The summed E-state index contributed by atoms with van der Waals surface area (Å²) < 4.78 is 10.9. The van der Waals surface area contributed by atoms with Crippen molar-refractivity contribution in [2.75, 3.05) is 26.8 Å². The third-order valence-corrected chi connectivity index (χ3v) is 7.11. The van der Waals surface area contributed by atoms with Crippen LogP contribution in [0.1, 0.15) is 38.5 Å². The number of hydrogen-bond donors (Lipinski definition) is 1. The van der Waals surface area contributed by atoms with E-state index < -0.39 is 0 Å². The number of hydrogen-bond acceptors (Lipinski definition) is 3. The number of carbonyl (C=O) groups excluding carboxylic acids is 1. The van der Waals surface area contributed by atoms with Gasteiger partial charge in [0, 0.05) is 24.3 Å². The Morgan fingerprint density at radius 1 is 1.12 bits per heavy atom. The molecule has 0 aliphatic heterocycles. The minimum Gasteiger partial charge on any atom is -0.482 e. The second kappa shape index (κ2) is 7.40. The van der Waals surface area contributed by atoms with Crippen LogP contribution in [0.3, 0.4) is 0 Å². The number of likely N-dealkylation sites (N-methyl/N-ethyl adjacent to an activating group) is 1. The topological polar surface area (TPSA) is 40.0 Å². The van der Waals surface area contributed by atoms with E-state index in [1.54, 1.807) is 29.2 Å². The molecule has 0 saturated heterocycles. The average Bonchev–Trinajstić information content (AvgIpc) is 2.60. The molecule has 1 unspecified atom stereocenters. The van der Waals surface area contributed by atoms with E-state index in [1.165, 1.54) is 38.5 Å². The monoisotopic (exact) mass is 378 g/mol. The van der Waals surface area contributed by atoms with Gasteiger partial charge in [0.25, 0.3) is 0 Å². The number of benzene rings is 1. The molecule has 0 heterocycles. The number of carbonyl (C=O) groups is 1. The van der Waals surface area contributed by atoms with E-state index in [1.807, 2.05) is 0 Å². The zero-order chi connectivity index (χ0) is 18.1. The molecule has 0 spiro atoms. The Bertz CT molecular complexity index is 610. The van der Waals surface area contributed by atoms with Gasteiger partial charge in [-0.3, -0.25) is 0 Å². The minimum absolute atomic E-state index is 0.0575. The third-order valence-electron chi connectivity index (χ3n) is 6.85. The van der Waals surface area contributed by atoms with Crippen LogP contribution in [-0.4, -0.2) is 38.3 Å². The first-order chi connectivity index (χ1) is 12.5. The first-order valence-corrected chi connectivity index (χ1v) is 10.3. The van der Waals surface area contributed by atoms with Gasteiger partial charge in [0.15, 0.2) is 6.61 Å². The molecule has 26 heavy (non-hydrogen) atoms. The molecule has 0 aromatic heterocycles. The second-order valence-electron chi connectivity index (χ2n) is 8.69. The maximum absolute atomic E-state index is 11.9. The number of quaternary nitrogens is 1. The van der Waals surface area contributed by atoms with Crippen molar-refractivity contribution in [3.8, 4) is 5.75 Å². The Kier molecular flexibility index (Phi) is 5.15. The van der Waals surface area contributed by atoms with Crippen LogP contribution in [0.15, 0.2) is 24.3 Å². The molecule has 142 valence electrons. The Balaban J connectivity index is 1.20. The van der Waals surface area contributed by atoms with Gasteiger partial charge in [0.2, 0.25) is 0 Å². The van der Waals surface area contributed by atoms with Crippen molar-refractivity contribution in [2.24, 2.45) is 17.8 Å². The van der Waals surface area contributed by atoms with Crippen LogP contribution in [0, 0.1) is 17.8 Å². The molecule has 4 nitrogen and oxygen atoms in total. The van der Waals surface area contributed by atoms with Gasteiger partial charge in [-0.2, -0.15) is 0 Å². The number of rotatable bonds is 7. The highest BCUT2D eigenvalue weighted by Crippen LogP contribution is 2.54. The molecule has 4 bridgehead atoms. The van der Waals surface area contributed by atoms with Crippen LogP contribution in [0.4, 0.5) is 0 Å². The minimum atomic E-state index is -0.307. The van der Waals surface area contributed by atoms with E-state index in [0.29, 0.717) is 22.9 Å². The summed E-state index contributed by atoms with van der Waals surface area (Å²) in [6.07, 6.45) is 8.51. The van der Waals surface area contributed by atoms with Gasteiger partial charge in [-0.05, 0) is 61.3 Å². The van der Waals surface area contributed by atoms with E-state index in [4.69, 9.17) is 21.1 Å². The zero-order valence-corrected chi connectivity index (χ0v) is 16.3. The standard InChI is InChI=1S/C21H28ClNO3/c1-23(21-11-15-8-16(12-21)10-17(9-15)13-21)6-7-25-20(24)14-26-19-4-2-18(22)3-5-19/h2-5,15-17H,6-14H2,1H3/p+1. The Hall–Kier alpha value is -1.26. The Morgan fingerprint density at radius 2 is 1.69 bits per heavy atom. The van der Waals surface area contributed by atoms with Crippen LogP contribution in [0.25, 0.3) is 0 Å². The van der Waals surface area contributed by atoms with E-state index in [-0.39, 0.29) is 12.6 Å². The molecule has 0 amide bonds. The molecule has 4 saturated carbocycles. The Morgan fingerprint density at radius 3 is 2.27 bits per heavy atom.